The number of hydrogen-bond acceptors (Lipinski definition) is 3. The van der Waals surface area contributed by atoms with Crippen LogP contribution in [0.25, 0.3) is 0 Å². The van der Waals surface area contributed by atoms with E-state index in [2.05, 4.69) is 0 Å². The number of amidine groups is 1. The maximum atomic E-state index is 12.0. The Hall–Kier alpha value is -0.870. The summed E-state index contributed by atoms with van der Waals surface area (Å²) >= 11 is 0. The van der Waals surface area contributed by atoms with Gasteiger partial charge in [0.2, 0.25) is 0 Å². The van der Waals surface area contributed by atoms with E-state index in [1.165, 1.54) is 18.6 Å². The summed E-state index contributed by atoms with van der Waals surface area (Å²) < 4.78 is 61.5. The molecule has 6 nitrogen and oxygen atoms in total. The molecule has 0 heterocycles. The Bertz CT molecular complexity index is 380. The predicted octanol–water partition coefficient (Wildman–Crippen LogP) is 0.420. The highest BCUT2D eigenvalue weighted by molar-refractivity contribution is 7.87. The number of nitrogens with two attached hydrogens (primary N) is 1. The van der Waals surface area contributed by atoms with Gasteiger partial charge in [-0.1, -0.05) is 0 Å². The molecule has 0 bridgehead atoms. The fourth-order valence-corrected chi connectivity index (χ4v) is 2.54. The number of rotatable bonds is 7. The third-order valence-corrected chi connectivity index (χ3v) is 3.67. The van der Waals surface area contributed by atoms with Crippen molar-refractivity contribution >= 4 is 16.0 Å². The predicted molar refractivity (Wildman–Crippen MR) is 61.4 cm³/mol. The van der Waals surface area contributed by atoms with E-state index in [-0.39, 0.29) is 18.8 Å². The van der Waals surface area contributed by atoms with Crippen molar-refractivity contribution in [2.75, 3.05) is 13.1 Å². The van der Waals surface area contributed by atoms with Gasteiger partial charge >= 0.3 is 6.18 Å². The van der Waals surface area contributed by atoms with Crippen molar-refractivity contribution in [1.29, 1.82) is 5.41 Å². The highest BCUT2D eigenvalue weighted by atomic mass is 32.2. The van der Waals surface area contributed by atoms with Crippen LogP contribution in [0.15, 0.2) is 0 Å². The Morgan fingerprint density at radius 1 is 1.44 bits per heavy atom. The lowest BCUT2D eigenvalue weighted by molar-refractivity contribution is -0.121. The number of nitrogens with zero attached hydrogens (tertiary/aromatic N) is 1. The van der Waals surface area contributed by atoms with Gasteiger partial charge in [0.15, 0.2) is 0 Å². The summed E-state index contributed by atoms with van der Waals surface area (Å²) in [5.41, 5.74) is 5.09. The summed E-state index contributed by atoms with van der Waals surface area (Å²) in [6.07, 6.45) is -4.65. The van der Waals surface area contributed by atoms with Crippen LogP contribution in [-0.2, 0) is 10.2 Å². The van der Waals surface area contributed by atoms with Gasteiger partial charge in [-0.3, -0.25) is 5.41 Å². The zero-order valence-corrected chi connectivity index (χ0v) is 10.9. The molecule has 0 amide bonds. The lowest BCUT2D eigenvalue weighted by atomic mass is 10.3. The van der Waals surface area contributed by atoms with Gasteiger partial charge in [0.05, 0.1) is 5.84 Å². The second kappa shape index (κ2) is 6.34. The van der Waals surface area contributed by atoms with Crippen LogP contribution in [0.1, 0.15) is 20.3 Å². The second-order valence-electron chi connectivity index (χ2n) is 3.92. The molecular formula is C8H17F3N4O2S. The first-order chi connectivity index (χ1) is 7.96. The summed E-state index contributed by atoms with van der Waals surface area (Å²) in [5, 5.41) is 6.99. The summed E-state index contributed by atoms with van der Waals surface area (Å²) in [4.78, 5) is 0. The lowest BCUT2D eigenvalue weighted by Crippen LogP contribution is -2.48. The van der Waals surface area contributed by atoms with Crippen molar-refractivity contribution in [2.45, 2.75) is 32.5 Å². The largest absolute Gasteiger partial charge is 0.402 e. The summed E-state index contributed by atoms with van der Waals surface area (Å²) in [6, 6.07) is -0.532. The van der Waals surface area contributed by atoms with Crippen molar-refractivity contribution in [1.82, 2.24) is 9.03 Å². The number of nitrogens with one attached hydrogen (secondary N) is 2. The van der Waals surface area contributed by atoms with E-state index >= 15 is 0 Å². The van der Waals surface area contributed by atoms with E-state index in [1.54, 1.807) is 0 Å². The number of halogens is 3. The standard InChI is InChI=1S/C8H17F3N4O2S/c1-6(2)15(4-3-7(12)13)18(16,17)14-5-8(9,10)11/h6,14H,3-5H2,1-2H3,(H3,12,13). The summed E-state index contributed by atoms with van der Waals surface area (Å²) in [6.45, 7) is 1.28. The monoisotopic (exact) mass is 290 g/mol. The van der Waals surface area contributed by atoms with E-state index < -0.39 is 29.0 Å². The molecule has 0 aliphatic rings. The number of hydrogen-bond donors (Lipinski definition) is 3. The van der Waals surface area contributed by atoms with E-state index in [0.29, 0.717) is 0 Å². The first kappa shape index (κ1) is 17.1. The molecule has 0 aliphatic carbocycles. The Morgan fingerprint density at radius 3 is 2.28 bits per heavy atom. The van der Waals surface area contributed by atoms with Crippen LogP contribution in [0.2, 0.25) is 0 Å². The van der Waals surface area contributed by atoms with Crippen molar-refractivity contribution in [3.05, 3.63) is 0 Å². The molecular weight excluding hydrogens is 273 g/mol. The van der Waals surface area contributed by atoms with Gasteiger partial charge in [-0.2, -0.15) is 30.6 Å². The molecule has 10 heteroatoms. The first-order valence-corrected chi connectivity index (χ1v) is 6.56. The topological polar surface area (TPSA) is 99.3 Å². The van der Waals surface area contributed by atoms with Gasteiger partial charge in [0.1, 0.15) is 6.54 Å². The Morgan fingerprint density at radius 2 is 1.94 bits per heavy atom. The quantitative estimate of drug-likeness (QED) is 0.468. The molecule has 18 heavy (non-hydrogen) atoms. The van der Waals surface area contributed by atoms with Crippen molar-refractivity contribution in [3.63, 3.8) is 0 Å². The lowest BCUT2D eigenvalue weighted by Gasteiger charge is -2.26. The SMILES string of the molecule is CC(C)N(CCC(=N)N)S(=O)(=O)NCC(F)(F)F. The van der Waals surface area contributed by atoms with Gasteiger partial charge < -0.3 is 5.73 Å². The fraction of sp³-hybridized carbons (Fsp3) is 0.875. The zero-order chi connectivity index (χ0) is 14.6. The van der Waals surface area contributed by atoms with Gasteiger partial charge in [0, 0.05) is 19.0 Å². The molecule has 0 aromatic rings. The average Bonchev–Trinajstić information content (AvgIpc) is 2.12. The molecule has 0 unspecified atom stereocenters. The van der Waals surface area contributed by atoms with Crippen LogP contribution < -0.4 is 10.5 Å². The first-order valence-electron chi connectivity index (χ1n) is 5.12. The maximum absolute atomic E-state index is 12.0. The van der Waals surface area contributed by atoms with Gasteiger partial charge in [0.25, 0.3) is 10.2 Å². The van der Waals surface area contributed by atoms with Crippen LogP contribution >= 0.6 is 0 Å². The van der Waals surface area contributed by atoms with Crippen molar-refractivity contribution in [2.24, 2.45) is 5.73 Å². The van der Waals surface area contributed by atoms with Gasteiger partial charge in [-0.05, 0) is 13.8 Å². The smallest absolute Gasteiger partial charge is 0.388 e. The molecule has 4 N–H and O–H groups in total. The molecule has 0 saturated heterocycles. The Labute approximate surface area is 104 Å². The number of alkyl halides is 3. The molecule has 0 atom stereocenters. The summed E-state index contributed by atoms with van der Waals surface area (Å²) in [5.74, 6) is -0.230. The molecule has 0 aromatic heterocycles. The molecule has 0 fully saturated rings. The van der Waals surface area contributed by atoms with Crippen LogP contribution in [0.3, 0.4) is 0 Å². The summed E-state index contributed by atoms with van der Waals surface area (Å²) in [7, 11) is -4.24. The zero-order valence-electron chi connectivity index (χ0n) is 10.1. The van der Waals surface area contributed by atoms with Crippen molar-refractivity contribution in [3.8, 4) is 0 Å². The van der Waals surface area contributed by atoms with E-state index in [9.17, 15) is 21.6 Å². The molecule has 0 aliphatic heterocycles. The second-order valence-corrected chi connectivity index (χ2v) is 5.63. The average molecular weight is 290 g/mol. The fourth-order valence-electron chi connectivity index (χ4n) is 1.14. The van der Waals surface area contributed by atoms with Crippen LogP contribution in [0.4, 0.5) is 13.2 Å². The highest BCUT2D eigenvalue weighted by Crippen LogP contribution is 2.14. The van der Waals surface area contributed by atoms with Gasteiger partial charge in [-0.25, -0.2) is 0 Å². The molecule has 0 aromatic carbocycles. The minimum Gasteiger partial charge on any atom is -0.388 e. The maximum Gasteiger partial charge on any atom is 0.402 e. The molecule has 0 saturated carbocycles. The van der Waals surface area contributed by atoms with Crippen LogP contribution in [0, 0.1) is 5.41 Å². The molecule has 0 radical (unpaired) electrons. The minimum absolute atomic E-state index is 0.0366. The van der Waals surface area contributed by atoms with Crippen LogP contribution in [-0.4, -0.2) is 43.9 Å². The van der Waals surface area contributed by atoms with E-state index in [4.69, 9.17) is 11.1 Å². The van der Waals surface area contributed by atoms with Gasteiger partial charge in [-0.15, -0.1) is 0 Å². The molecule has 0 rings (SSSR count). The Kier molecular flexibility index (Phi) is 6.04. The highest BCUT2D eigenvalue weighted by Gasteiger charge is 2.32. The van der Waals surface area contributed by atoms with Crippen molar-refractivity contribution < 1.29 is 21.6 Å². The third-order valence-electron chi connectivity index (χ3n) is 1.94. The van der Waals surface area contributed by atoms with E-state index in [0.717, 1.165) is 4.31 Å². The minimum atomic E-state index is -4.61. The Balaban J connectivity index is 4.72. The normalized spacial score (nSPS) is 13.3. The van der Waals surface area contributed by atoms with Crippen LogP contribution in [0.5, 0.6) is 0 Å². The van der Waals surface area contributed by atoms with E-state index in [1.807, 2.05) is 0 Å². The molecule has 0 spiro atoms. The molecule has 108 valence electrons. The third kappa shape index (κ3) is 6.77.